The number of benzene rings is 1. The Morgan fingerprint density at radius 2 is 1.44 bits per heavy atom. The van der Waals surface area contributed by atoms with Gasteiger partial charge in [0.15, 0.2) is 0 Å². The smallest absolute Gasteiger partial charge is 0.391 e. The number of rotatable bonds is 2. The van der Waals surface area contributed by atoms with Crippen LogP contribution < -0.4 is 4.52 Å². The van der Waals surface area contributed by atoms with Gasteiger partial charge in [-0.1, -0.05) is 18.2 Å². The van der Waals surface area contributed by atoms with Gasteiger partial charge in [0, 0.05) is 0 Å². The zero-order valence-corrected chi connectivity index (χ0v) is 9.68. The summed E-state index contributed by atoms with van der Waals surface area (Å²) < 4.78 is 14.5. The fourth-order valence-electron chi connectivity index (χ4n) is 1.02. The normalized spacial score (nSPS) is 15.2. The first kappa shape index (κ1) is 13.4. The zero-order chi connectivity index (χ0) is 11.6. The molecule has 0 saturated carbocycles. The third-order valence-corrected chi connectivity index (χ3v) is 2.05. The van der Waals surface area contributed by atoms with E-state index in [1.54, 1.807) is 24.3 Å². The van der Waals surface area contributed by atoms with E-state index in [4.69, 9.17) is 19.3 Å². The summed E-state index contributed by atoms with van der Waals surface area (Å²) in [6, 6.07) is 8.65. The van der Waals surface area contributed by atoms with Crippen molar-refractivity contribution in [2.75, 3.05) is 26.4 Å². The second-order valence-electron chi connectivity index (χ2n) is 2.88. The molecule has 2 rings (SSSR count). The molecule has 0 aromatic heterocycles. The summed E-state index contributed by atoms with van der Waals surface area (Å²) in [6.07, 6.45) is 0. The molecule has 1 heterocycles. The average molecular weight is 246 g/mol. The molecule has 1 aliphatic rings. The molecule has 2 N–H and O–H groups in total. The van der Waals surface area contributed by atoms with Gasteiger partial charge < -0.3 is 23.8 Å². The van der Waals surface area contributed by atoms with Gasteiger partial charge in [-0.15, -0.1) is 0 Å². The van der Waals surface area contributed by atoms with Crippen LogP contribution in [0.4, 0.5) is 0 Å². The van der Waals surface area contributed by atoms with E-state index in [0.717, 1.165) is 26.4 Å². The van der Waals surface area contributed by atoms with Crippen molar-refractivity contribution in [3.63, 3.8) is 0 Å². The van der Waals surface area contributed by atoms with Gasteiger partial charge >= 0.3 is 8.60 Å². The van der Waals surface area contributed by atoms with E-state index in [1.807, 2.05) is 6.07 Å². The molecule has 1 fully saturated rings. The molecule has 5 nitrogen and oxygen atoms in total. The Balaban J connectivity index is 0.000000181. The Kier molecular flexibility index (Phi) is 7.05. The van der Waals surface area contributed by atoms with E-state index < -0.39 is 8.60 Å². The van der Waals surface area contributed by atoms with E-state index in [2.05, 4.69) is 4.52 Å². The predicted molar refractivity (Wildman–Crippen MR) is 60.1 cm³/mol. The fraction of sp³-hybridized carbons (Fsp3) is 0.400. The Labute approximate surface area is 95.6 Å². The average Bonchev–Trinajstić information content (AvgIpc) is 2.32. The molecular formula is C10H15O5P. The molecule has 0 radical (unpaired) electrons. The van der Waals surface area contributed by atoms with Gasteiger partial charge in [0.25, 0.3) is 0 Å². The van der Waals surface area contributed by atoms with E-state index >= 15 is 0 Å². The van der Waals surface area contributed by atoms with Gasteiger partial charge in [-0.2, -0.15) is 0 Å². The molecule has 16 heavy (non-hydrogen) atoms. The van der Waals surface area contributed by atoms with Crippen molar-refractivity contribution in [2.45, 2.75) is 0 Å². The van der Waals surface area contributed by atoms with Crippen LogP contribution in [0.5, 0.6) is 5.75 Å². The fourth-order valence-corrected chi connectivity index (χ4v) is 1.33. The maximum Gasteiger partial charge on any atom is 0.391 e. The molecule has 0 spiro atoms. The van der Waals surface area contributed by atoms with Crippen LogP contribution in [0.15, 0.2) is 30.3 Å². The largest absolute Gasteiger partial charge is 0.427 e. The molecule has 1 saturated heterocycles. The third-order valence-electron chi connectivity index (χ3n) is 1.67. The van der Waals surface area contributed by atoms with Crippen molar-refractivity contribution in [3.8, 4) is 5.75 Å². The highest BCUT2D eigenvalue weighted by atomic mass is 31.2. The summed E-state index contributed by atoms with van der Waals surface area (Å²) >= 11 is 0. The van der Waals surface area contributed by atoms with Gasteiger partial charge in [0.2, 0.25) is 0 Å². The minimum atomic E-state index is -2.28. The Hall–Kier alpha value is -0.710. The van der Waals surface area contributed by atoms with Gasteiger partial charge in [-0.05, 0) is 12.1 Å². The lowest BCUT2D eigenvalue weighted by atomic mass is 10.3. The van der Waals surface area contributed by atoms with Crippen LogP contribution in [0.1, 0.15) is 0 Å². The molecule has 0 bridgehead atoms. The Morgan fingerprint density at radius 1 is 0.938 bits per heavy atom. The maximum absolute atomic E-state index is 8.40. The summed E-state index contributed by atoms with van der Waals surface area (Å²) in [4.78, 5) is 16.8. The van der Waals surface area contributed by atoms with Gasteiger partial charge in [0.1, 0.15) is 5.75 Å². The number of ether oxygens (including phenoxy) is 2. The number of hydrogen-bond acceptors (Lipinski definition) is 5. The monoisotopic (exact) mass is 246 g/mol. The highest BCUT2D eigenvalue weighted by Crippen LogP contribution is 2.27. The maximum atomic E-state index is 8.40. The van der Waals surface area contributed by atoms with Crippen LogP contribution in [0, 0.1) is 0 Å². The topological polar surface area (TPSA) is 68.2 Å². The molecule has 1 aromatic rings. The van der Waals surface area contributed by atoms with Crippen molar-refractivity contribution in [3.05, 3.63) is 30.3 Å². The van der Waals surface area contributed by atoms with Crippen molar-refractivity contribution < 1.29 is 23.8 Å². The molecule has 0 aliphatic carbocycles. The van der Waals surface area contributed by atoms with Crippen LogP contribution in [-0.2, 0) is 9.47 Å². The van der Waals surface area contributed by atoms with Crippen molar-refractivity contribution in [1.29, 1.82) is 0 Å². The van der Waals surface area contributed by atoms with Crippen molar-refractivity contribution in [2.24, 2.45) is 0 Å². The third kappa shape index (κ3) is 6.71. The van der Waals surface area contributed by atoms with Crippen LogP contribution >= 0.6 is 8.60 Å². The zero-order valence-electron chi connectivity index (χ0n) is 8.78. The van der Waals surface area contributed by atoms with E-state index in [1.165, 1.54) is 0 Å². The molecule has 90 valence electrons. The summed E-state index contributed by atoms with van der Waals surface area (Å²) in [7, 11) is -2.28. The first-order valence-electron chi connectivity index (χ1n) is 4.85. The predicted octanol–water partition coefficient (Wildman–Crippen LogP) is 1.31. The Bertz CT molecular complexity index is 252. The second kappa shape index (κ2) is 8.44. The molecule has 6 heteroatoms. The lowest BCUT2D eigenvalue weighted by Crippen LogP contribution is -2.16. The van der Waals surface area contributed by atoms with Gasteiger partial charge in [-0.25, -0.2) is 0 Å². The molecular weight excluding hydrogens is 231 g/mol. The SMILES string of the molecule is C1COCCO1.OP(O)Oc1ccccc1. The molecule has 1 aromatic carbocycles. The summed E-state index contributed by atoms with van der Waals surface area (Å²) in [5.41, 5.74) is 0. The van der Waals surface area contributed by atoms with Crippen LogP contribution in [0.25, 0.3) is 0 Å². The highest BCUT2D eigenvalue weighted by molar-refractivity contribution is 7.39. The minimum Gasteiger partial charge on any atom is -0.427 e. The standard InChI is InChI=1S/C6H7O3P.C4H8O2/c7-10(8)9-6-4-2-1-3-5-6;1-2-6-4-3-5-1/h1-5,7-8H;1-4H2. The minimum absolute atomic E-state index is 0.471. The van der Waals surface area contributed by atoms with Gasteiger partial charge in [0.05, 0.1) is 26.4 Å². The van der Waals surface area contributed by atoms with Crippen molar-refractivity contribution >= 4 is 8.60 Å². The highest BCUT2D eigenvalue weighted by Gasteiger charge is 1.99. The number of para-hydroxylation sites is 1. The van der Waals surface area contributed by atoms with Gasteiger partial charge in [-0.3, -0.25) is 0 Å². The molecule has 1 aliphatic heterocycles. The number of hydrogen-bond donors (Lipinski definition) is 2. The van der Waals surface area contributed by atoms with E-state index in [9.17, 15) is 0 Å². The second-order valence-corrected chi connectivity index (χ2v) is 3.57. The first-order chi connectivity index (χ1) is 7.79. The molecule has 0 atom stereocenters. The summed E-state index contributed by atoms with van der Waals surface area (Å²) in [5, 5.41) is 0. The van der Waals surface area contributed by atoms with Crippen molar-refractivity contribution in [1.82, 2.24) is 0 Å². The van der Waals surface area contributed by atoms with E-state index in [-0.39, 0.29) is 0 Å². The first-order valence-corrected chi connectivity index (χ1v) is 6.02. The van der Waals surface area contributed by atoms with Crippen LogP contribution in [-0.4, -0.2) is 36.2 Å². The lowest BCUT2D eigenvalue weighted by molar-refractivity contribution is -0.0334. The molecule has 0 unspecified atom stereocenters. The summed E-state index contributed by atoms with van der Waals surface area (Å²) in [5.74, 6) is 0.471. The summed E-state index contributed by atoms with van der Waals surface area (Å²) in [6.45, 7) is 3.11. The molecule has 0 amide bonds. The van der Waals surface area contributed by atoms with Crippen LogP contribution in [0.3, 0.4) is 0 Å². The lowest BCUT2D eigenvalue weighted by Gasteiger charge is -2.09. The quantitative estimate of drug-likeness (QED) is 0.770. The van der Waals surface area contributed by atoms with E-state index in [0.29, 0.717) is 5.75 Å². The van der Waals surface area contributed by atoms with Crippen LogP contribution in [0.2, 0.25) is 0 Å². The Morgan fingerprint density at radius 3 is 1.81 bits per heavy atom.